The van der Waals surface area contributed by atoms with Gasteiger partial charge in [0.05, 0.1) is 46.6 Å². The summed E-state index contributed by atoms with van der Waals surface area (Å²) in [6.07, 6.45) is 4.46. The first-order valence-electron chi connectivity index (χ1n) is 24.7. The van der Waals surface area contributed by atoms with Crippen LogP contribution in [0.1, 0.15) is 141 Å². The number of carbonyl (C=O) groups excluding carboxylic acids is 10. The maximum Gasteiger partial charge on any atom is 0.381 e. The number of likely N-dealkylation sites (N-methyl/N-ethyl adjacent to an activating group) is 1. The van der Waals surface area contributed by atoms with Crippen LogP contribution < -0.4 is 44.7 Å². The van der Waals surface area contributed by atoms with E-state index < -0.39 is 52.3 Å². The Balaban J connectivity index is -0.0000000550. The summed E-state index contributed by atoms with van der Waals surface area (Å²) in [5, 5.41) is 13.2. The van der Waals surface area contributed by atoms with Gasteiger partial charge in [0.25, 0.3) is 0 Å². The molecule has 87 heavy (non-hydrogen) atoms. The van der Waals surface area contributed by atoms with Crippen molar-refractivity contribution in [1.29, 1.82) is 0 Å². The first kappa shape index (κ1) is 132. The Morgan fingerprint density at radius 3 is 0.943 bits per heavy atom. The minimum absolute atomic E-state index is 0. The molecule has 7 amide bonds. The molecule has 20 nitrogen and oxygen atoms in total. The monoisotopic (exact) mass is 2760 g/mol. The second-order valence-corrected chi connectivity index (χ2v) is 18.5. The molecule has 3 saturated carbocycles. The van der Waals surface area contributed by atoms with Gasteiger partial charge in [-0.15, -0.1) is 6.54 Å². The van der Waals surface area contributed by atoms with Crippen LogP contribution in [0.15, 0.2) is 0 Å². The van der Waals surface area contributed by atoms with Crippen molar-refractivity contribution in [1.82, 2.24) is 41.3 Å². The number of nitrogens with zero attached hydrogens (tertiary/aromatic N) is 3. The van der Waals surface area contributed by atoms with E-state index in [2.05, 4.69) is 53.1 Å². The van der Waals surface area contributed by atoms with Crippen molar-refractivity contribution in [3.05, 3.63) is 82.3 Å². The number of rotatable bonds is 14. The van der Waals surface area contributed by atoms with E-state index in [0.29, 0.717) is 57.8 Å². The molecule has 6 fully saturated rings. The van der Waals surface area contributed by atoms with E-state index in [4.69, 9.17) is 4.74 Å². The normalized spacial score (nSPS) is 19.6. The molecule has 492 valence electrons. The zero-order valence-corrected chi connectivity index (χ0v) is 88.4. The van der Waals surface area contributed by atoms with E-state index >= 15 is 0 Å². The van der Waals surface area contributed by atoms with Crippen LogP contribution in [-0.2, 0) is 265 Å². The number of hydrogen-bond donors (Lipinski definition) is 6. The van der Waals surface area contributed by atoms with Gasteiger partial charge in [-0.3, -0.25) is 66.2 Å². The van der Waals surface area contributed by atoms with Crippen LogP contribution in [0.4, 0.5) is 4.79 Å². The molecule has 6 rings (SSSR count). The Bertz CT molecular complexity index is 1960. The summed E-state index contributed by atoms with van der Waals surface area (Å²) in [6, 6.07) is -1.95. The average molecular weight is 2760 g/mol. The Morgan fingerprint density at radius 2 is 0.747 bits per heavy atom. The van der Waals surface area contributed by atoms with Gasteiger partial charge in [0, 0.05) is 310 Å². The van der Waals surface area contributed by atoms with Crippen molar-refractivity contribution in [2.75, 3.05) is 7.05 Å². The van der Waals surface area contributed by atoms with Crippen molar-refractivity contribution < 1.29 is 381 Å². The Labute approximate surface area is 756 Å². The van der Waals surface area contributed by atoms with Crippen molar-refractivity contribution in [2.24, 2.45) is 17.8 Å². The molecule has 0 aromatic rings. The summed E-state index contributed by atoms with van der Waals surface area (Å²) in [4.78, 5) is 123. The van der Waals surface area contributed by atoms with Gasteiger partial charge >= 0.3 is 6.09 Å². The topological polar surface area (TPSA) is 277 Å². The van der Waals surface area contributed by atoms with Crippen molar-refractivity contribution in [3.8, 4) is 0 Å². The number of halogens is 1. The van der Waals surface area contributed by atoms with Crippen LogP contribution in [-0.4, -0.2) is 121 Å². The summed E-state index contributed by atoms with van der Waals surface area (Å²) in [5.74, 6) is -2.68. The smallest absolute Gasteiger partial charge is 0.381 e. The number of ether oxygens (including phenoxy) is 1. The van der Waals surface area contributed by atoms with Crippen LogP contribution in [0.25, 0.3) is 0 Å². The van der Waals surface area contributed by atoms with Gasteiger partial charge in [-0.05, 0) is 87.1 Å². The van der Waals surface area contributed by atoms with Crippen LogP contribution in [0.2, 0.25) is 0 Å². The number of ketones is 3. The predicted octanol–water partition coefficient (Wildman–Crippen LogP) is 1.19. The van der Waals surface area contributed by atoms with E-state index in [1.165, 1.54) is 48.6 Å². The molecule has 6 atom stereocenters. The molecule has 33 heteroatoms. The van der Waals surface area contributed by atoms with Gasteiger partial charge in [-0.1, -0.05) is 60.8 Å². The third kappa shape index (κ3) is 44.2. The van der Waals surface area contributed by atoms with Crippen LogP contribution >= 0.6 is 0 Å². The average Bonchev–Trinajstić information content (AvgIpc) is 4.28. The number of amides is 7. The third-order valence-corrected chi connectivity index (χ3v) is 11.9. The standard InChI is InChI=1S/C18H26N3O5.C14H20N3O3.C13H19N3O3.3C2H6.3CH3.ClH.3U.3V.3W.3Y/c1-11-8-13(15(24)20-18(6-7-18)12(2)22)21(10-11)14(23)9-19-16(25)26-17(3,4)5;1-9-6-11(17(8-9)12(19)7-15-3)13(20)16-14(4-5-14)10(2)18;1-8-5-10(16(7-8)11(18)6-14)12(19)15-13(3-4-13)9(2)17;3*1-2;;;;;;;;;;;;;;;;/h9-11,13H,1,6-8H2,2-5H3,(H,19,25)(H,20,24);7-9,11,15H,1,4-6H2,2-3H3,(H,16,20);6-8,10H,1,3-5H2,2,14H3,(H,15,19);3*1-2H3;3*1H3;1H;;;;;;;;;;;;/q2*-3;-2;;;;3*-1;;;;;;;;;;;;;/p-1/t11?,13-;9?,11-;8?,10-;;;;;;;;;;;;;;;;;;;/m000.................../s1. The minimum Gasteiger partial charge on any atom is -1.00 e. The van der Waals surface area contributed by atoms with Gasteiger partial charge in [-0.2, -0.15) is 0 Å². The van der Waals surface area contributed by atoms with Crippen molar-refractivity contribution in [3.63, 3.8) is 0 Å². The Hall–Kier alpha value is 5.21. The quantitative estimate of drug-likeness (QED) is 0.134. The number of Topliss-reactive ketones (excluding diaryl/α,β-unsaturated/α-hetero) is 3. The van der Waals surface area contributed by atoms with E-state index in [0.717, 1.165) is 6.54 Å². The molecule has 0 aromatic carbocycles. The fraction of sp³-hybridized carbons (Fsp3) is 0.593. The fourth-order valence-corrected chi connectivity index (χ4v) is 7.59. The molecular weight excluding hydrogens is 2670 g/mol. The summed E-state index contributed by atoms with van der Waals surface area (Å²) in [6.45, 7) is 41.4. The predicted molar refractivity (Wildman–Crippen MR) is 285 cm³/mol. The molecule has 3 aliphatic heterocycles. The molecule has 0 bridgehead atoms. The van der Waals surface area contributed by atoms with Crippen molar-refractivity contribution in [2.45, 2.75) is 181 Å². The molecular formula is C54H92ClN9O11U3V3W3Y3-12. The minimum atomic E-state index is -0.788. The zero-order chi connectivity index (χ0) is 54.8. The molecule has 3 unspecified atom stereocenters. The SMILES string of the molecule is CC.CC.CC.[CH2-]C1[CH-]N(C(=O)[CH-]NC(=O)OC(C)(C)C)[C@H](C(=O)NC2(C(C)=O)CC2)C1.[CH2-]C1[CH-]N(C(=O)[CH-]NC)[C@H](C(=O)NC2(C(C)=O)CC2)C1.[CH2-]C1[CH-]N(C(=O)[CH-][NH3+])[C@H](C(=O)NC2(C(C)=O)CC2)C1.[CH3-].[CH3-].[CH3-].[Cl-].[U].[U].[U].[V].[V].[V].[W].[W].[W].[Y].[Y].[Y]. The Morgan fingerprint density at radius 1 is 0.517 bits per heavy atom. The third-order valence-electron chi connectivity index (χ3n) is 11.9. The summed E-state index contributed by atoms with van der Waals surface area (Å²) in [5.41, 5.74) is 0.554. The van der Waals surface area contributed by atoms with E-state index in [-0.39, 0.29) is 410 Å². The molecule has 3 aliphatic carbocycles. The molecule has 3 saturated heterocycles. The molecule has 6 aliphatic rings. The van der Waals surface area contributed by atoms with Crippen LogP contribution in [0.5, 0.6) is 0 Å². The zero-order valence-electron chi connectivity index (χ0n) is 53.6. The van der Waals surface area contributed by atoms with Gasteiger partial charge in [0.2, 0.25) is 17.7 Å². The second kappa shape index (κ2) is 64.6. The molecule has 0 spiro atoms. The molecule has 6 radical (unpaired) electrons. The number of carbonyl (C=O) groups is 10. The summed E-state index contributed by atoms with van der Waals surface area (Å²) < 4.78 is 5.06. The van der Waals surface area contributed by atoms with E-state index in [9.17, 15) is 47.9 Å². The maximum atomic E-state index is 12.6. The number of likely N-dealkylation sites (tertiary alicyclic amines) is 3. The summed E-state index contributed by atoms with van der Waals surface area (Å²) in [7, 11) is 1.62. The van der Waals surface area contributed by atoms with Crippen LogP contribution in [0.3, 0.4) is 0 Å². The number of quaternary nitrogens is 1. The molecule has 0 aromatic heterocycles. The Kier molecular flexibility index (Phi) is 98.0. The second-order valence-electron chi connectivity index (χ2n) is 18.5. The molecule has 3 heterocycles. The number of hydrogen-bond acceptors (Lipinski definition) is 12. The van der Waals surface area contributed by atoms with E-state index in [1.807, 2.05) is 41.5 Å². The van der Waals surface area contributed by atoms with E-state index in [1.54, 1.807) is 47.5 Å². The van der Waals surface area contributed by atoms with Gasteiger partial charge in [0.1, 0.15) is 11.5 Å². The largest absolute Gasteiger partial charge is 1.00 e. The van der Waals surface area contributed by atoms with Crippen molar-refractivity contribution >= 4 is 58.9 Å². The number of nitrogens with one attached hydrogen (secondary N) is 5. The first-order valence-corrected chi connectivity index (χ1v) is 24.7. The van der Waals surface area contributed by atoms with Gasteiger partial charge < -0.3 is 122 Å². The first-order chi connectivity index (χ1) is 33.2. The fourth-order valence-electron chi connectivity index (χ4n) is 7.59. The number of alkyl carbamates (subject to hydrolysis) is 1. The van der Waals surface area contributed by atoms with Gasteiger partial charge in [0.15, 0.2) is 17.3 Å². The van der Waals surface area contributed by atoms with Gasteiger partial charge in [-0.25, -0.2) is 17.9 Å². The maximum absolute atomic E-state index is 12.6. The molecule has 8 N–H and O–H groups in total. The summed E-state index contributed by atoms with van der Waals surface area (Å²) >= 11 is 0. The van der Waals surface area contributed by atoms with Crippen LogP contribution in [0, 0.1) is 193 Å².